The lowest BCUT2D eigenvalue weighted by molar-refractivity contribution is -0.123. The zero-order valence-electron chi connectivity index (χ0n) is 14.2. The molecular formula is C19H28N2O2. The van der Waals surface area contributed by atoms with E-state index in [0.29, 0.717) is 12.5 Å². The summed E-state index contributed by atoms with van der Waals surface area (Å²) in [6.45, 7) is 6.53. The van der Waals surface area contributed by atoms with Crippen LogP contribution in [0.5, 0.6) is 0 Å². The van der Waals surface area contributed by atoms with Crippen molar-refractivity contribution in [1.82, 2.24) is 10.6 Å². The van der Waals surface area contributed by atoms with Gasteiger partial charge in [0.05, 0.1) is 0 Å². The van der Waals surface area contributed by atoms with E-state index in [2.05, 4.69) is 48.7 Å². The molecule has 1 heterocycles. The Balaban J connectivity index is 1.63. The van der Waals surface area contributed by atoms with E-state index in [-0.39, 0.29) is 23.4 Å². The maximum Gasteiger partial charge on any atom is 0.223 e. The number of rotatable bonds is 6. The lowest BCUT2D eigenvalue weighted by Gasteiger charge is -2.40. The largest absolute Gasteiger partial charge is 0.381 e. The van der Waals surface area contributed by atoms with Crippen molar-refractivity contribution in [2.24, 2.45) is 11.8 Å². The van der Waals surface area contributed by atoms with Crippen LogP contribution in [-0.4, -0.2) is 31.2 Å². The van der Waals surface area contributed by atoms with Gasteiger partial charge in [-0.2, -0.15) is 0 Å². The van der Waals surface area contributed by atoms with Gasteiger partial charge >= 0.3 is 0 Å². The predicted molar refractivity (Wildman–Crippen MR) is 91.1 cm³/mol. The summed E-state index contributed by atoms with van der Waals surface area (Å²) in [5.41, 5.74) is 1.21. The Hall–Kier alpha value is -1.39. The molecule has 0 spiro atoms. The van der Waals surface area contributed by atoms with E-state index in [9.17, 15) is 4.79 Å². The molecule has 0 bridgehead atoms. The van der Waals surface area contributed by atoms with Gasteiger partial charge in [0.1, 0.15) is 0 Å². The van der Waals surface area contributed by atoms with Crippen molar-refractivity contribution in [3.05, 3.63) is 35.9 Å². The van der Waals surface area contributed by atoms with Crippen molar-refractivity contribution >= 4 is 5.91 Å². The van der Waals surface area contributed by atoms with Crippen molar-refractivity contribution in [1.29, 1.82) is 0 Å². The first-order chi connectivity index (χ1) is 11.1. The minimum Gasteiger partial charge on any atom is -0.381 e. The van der Waals surface area contributed by atoms with Crippen molar-refractivity contribution < 1.29 is 9.53 Å². The maximum atomic E-state index is 12.2. The van der Waals surface area contributed by atoms with Gasteiger partial charge in [-0.25, -0.2) is 0 Å². The fraction of sp³-hybridized carbons (Fsp3) is 0.632. The Morgan fingerprint density at radius 1 is 1.30 bits per heavy atom. The van der Waals surface area contributed by atoms with Crippen molar-refractivity contribution in [3.8, 4) is 0 Å². The molecule has 1 saturated heterocycles. The number of nitrogens with one attached hydrogen (secondary N) is 2. The van der Waals surface area contributed by atoms with Crippen LogP contribution in [0.3, 0.4) is 0 Å². The SMILES string of the molecule is C[C@H](NC1(CNC(=O)[C@@H]2C[C@H]2C)CCOCC1)c1ccccc1. The Kier molecular flexibility index (Phi) is 5.02. The predicted octanol–water partition coefficient (Wildman–Crippen LogP) is 2.66. The van der Waals surface area contributed by atoms with Gasteiger partial charge in [0.15, 0.2) is 0 Å². The summed E-state index contributed by atoms with van der Waals surface area (Å²) in [5.74, 6) is 1.01. The molecule has 3 rings (SSSR count). The van der Waals surface area contributed by atoms with E-state index >= 15 is 0 Å². The van der Waals surface area contributed by atoms with E-state index in [1.165, 1.54) is 5.56 Å². The molecule has 2 aliphatic rings. The number of hydrogen-bond donors (Lipinski definition) is 2. The molecule has 3 atom stereocenters. The Bertz CT molecular complexity index is 525. The molecule has 1 amide bonds. The quantitative estimate of drug-likeness (QED) is 0.848. The van der Waals surface area contributed by atoms with Gasteiger partial charge in [0.2, 0.25) is 5.91 Å². The molecule has 23 heavy (non-hydrogen) atoms. The second kappa shape index (κ2) is 7.02. The minimum atomic E-state index is -0.0682. The van der Waals surface area contributed by atoms with Crippen LogP contribution < -0.4 is 10.6 Å². The monoisotopic (exact) mass is 316 g/mol. The van der Waals surface area contributed by atoms with Crippen LogP contribution in [0, 0.1) is 11.8 Å². The van der Waals surface area contributed by atoms with Crippen LogP contribution in [0.4, 0.5) is 0 Å². The fourth-order valence-electron chi connectivity index (χ4n) is 3.49. The molecule has 126 valence electrons. The van der Waals surface area contributed by atoms with Gasteiger partial charge in [-0.05, 0) is 37.7 Å². The third kappa shape index (κ3) is 4.12. The number of ether oxygens (including phenoxy) is 1. The highest BCUT2D eigenvalue weighted by molar-refractivity contribution is 5.81. The highest BCUT2D eigenvalue weighted by atomic mass is 16.5. The molecule has 1 aromatic rings. The lowest BCUT2D eigenvalue weighted by atomic mass is 9.88. The summed E-state index contributed by atoms with van der Waals surface area (Å²) in [6, 6.07) is 10.7. The number of benzene rings is 1. The molecule has 1 saturated carbocycles. The van der Waals surface area contributed by atoms with Crippen LogP contribution >= 0.6 is 0 Å². The number of carbonyl (C=O) groups is 1. The molecule has 2 N–H and O–H groups in total. The van der Waals surface area contributed by atoms with E-state index in [1.807, 2.05) is 6.07 Å². The van der Waals surface area contributed by atoms with Gasteiger partial charge in [-0.15, -0.1) is 0 Å². The summed E-state index contributed by atoms with van der Waals surface area (Å²) >= 11 is 0. The van der Waals surface area contributed by atoms with Crippen molar-refractivity contribution in [2.45, 2.75) is 44.7 Å². The van der Waals surface area contributed by atoms with Crippen molar-refractivity contribution in [3.63, 3.8) is 0 Å². The second-order valence-corrected chi connectivity index (χ2v) is 7.21. The highest BCUT2D eigenvalue weighted by Crippen LogP contribution is 2.37. The highest BCUT2D eigenvalue weighted by Gasteiger charge is 2.41. The van der Waals surface area contributed by atoms with Crippen LogP contribution in [0.2, 0.25) is 0 Å². The summed E-state index contributed by atoms with van der Waals surface area (Å²) < 4.78 is 5.54. The number of carbonyl (C=O) groups excluding carboxylic acids is 1. The zero-order chi connectivity index (χ0) is 16.3. The number of amides is 1. The molecular weight excluding hydrogens is 288 g/mol. The molecule has 1 aliphatic carbocycles. The average Bonchev–Trinajstić information content (AvgIpc) is 3.31. The fourth-order valence-corrected chi connectivity index (χ4v) is 3.49. The standard InChI is InChI=1S/C19H28N2O2/c1-14-12-17(14)18(22)20-13-19(8-10-23-11-9-19)21-15(2)16-6-4-3-5-7-16/h3-7,14-15,17,21H,8-13H2,1-2H3,(H,20,22)/t14-,15+,17-/m1/s1. The minimum absolute atomic E-state index is 0.0682. The first-order valence-electron chi connectivity index (χ1n) is 8.78. The molecule has 4 nitrogen and oxygen atoms in total. The van der Waals surface area contributed by atoms with Gasteiger partial charge in [-0.3, -0.25) is 4.79 Å². The Morgan fingerprint density at radius 3 is 2.57 bits per heavy atom. The van der Waals surface area contributed by atoms with Gasteiger partial charge in [-0.1, -0.05) is 37.3 Å². The average molecular weight is 316 g/mol. The van der Waals surface area contributed by atoms with Crippen LogP contribution in [-0.2, 0) is 9.53 Å². The van der Waals surface area contributed by atoms with E-state index in [0.717, 1.165) is 32.5 Å². The molecule has 4 heteroatoms. The summed E-state index contributed by atoms with van der Waals surface area (Å²) in [4.78, 5) is 12.2. The molecule has 0 unspecified atom stereocenters. The smallest absolute Gasteiger partial charge is 0.223 e. The van der Waals surface area contributed by atoms with Crippen LogP contribution in [0.15, 0.2) is 30.3 Å². The van der Waals surface area contributed by atoms with Crippen LogP contribution in [0.1, 0.15) is 44.7 Å². The summed E-state index contributed by atoms with van der Waals surface area (Å²) in [7, 11) is 0. The topological polar surface area (TPSA) is 50.4 Å². The lowest BCUT2D eigenvalue weighted by Crippen LogP contribution is -2.57. The van der Waals surface area contributed by atoms with Gasteiger partial charge in [0.25, 0.3) is 0 Å². The van der Waals surface area contributed by atoms with Gasteiger partial charge in [0, 0.05) is 37.3 Å². The molecule has 1 aliphatic heterocycles. The van der Waals surface area contributed by atoms with Crippen molar-refractivity contribution in [2.75, 3.05) is 19.8 Å². The van der Waals surface area contributed by atoms with E-state index in [1.54, 1.807) is 0 Å². The molecule has 2 fully saturated rings. The van der Waals surface area contributed by atoms with Gasteiger partial charge < -0.3 is 15.4 Å². The summed E-state index contributed by atoms with van der Waals surface area (Å²) in [6.07, 6.45) is 2.91. The van der Waals surface area contributed by atoms with Crippen LogP contribution in [0.25, 0.3) is 0 Å². The van der Waals surface area contributed by atoms with E-state index in [4.69, 9.17) is 4.74 Å². The van der Waals surface area contributed by atoms with E-state index < -0.39 is 0 Å². The third-order valence-electron chi connectivity index (χ3n) is 5.32. The zero-order valence-corrected chi connectivity index (χ0v) is 14.2. The number of hydrogen-bond acceptors (Lipinski definition) is 3. The first kappa shape index (κ1) is 16.5. The molecule has 0 radical (unpaired) electrons. The Labute approximate surface area is 139 Å². The third-order valence-corrected chi connectivity index (χ3v) is 5.32. The normalized spacial score (nSPS) is 27.2. The molecule has 1 aromatic carbocycles. The summed E-state index contributed by atoms with van der Waals surface area (Å²) in [5, 5.41) is 6.97. The maximum absolute atomic E-state index is 12.2. The first-order valence-corrected chi connectivity index (χ1v) is 8.78. The molecule has 0 aromatic heterocycles. The Morgan fingerprint density at radius 2 is 1.96 bits per heavy atom. The second-order valence-electron chi connectivity index (χ2n) is 7.21.